The molecule has 0 aliphatic carbocycles. The molecule has 0 spiro atoms. The SMILES string of the molecule is CCCn1c(-c2cccc(OC)c2)cc(C(=O)NCCCN2CCN(c3cccc(Cl)c3Cl)CC2)c1C. The van der Waals surface area contributed by atoms with Gasteiger partial charge in [0.2, 0.25) is 0 Å². The van der Waals surface area contributed by atoms with Crippen LogP contribution in [-0.2, 0) is 6.54 Å². The topological polar surface area (TPSA) is 49.7 Å². The lowest BCUT2D eigenvalue weighted by Crippen LogP contribution is -2.47. The number of anilines is 1. The van der Waals surface area contributed by atoms with Crippen molar-refractivity contribution < 1.29 is 9.53 Å². The number of piperazine rings is 1. The largest absolute Gasteiger partial charge is 0.497 e. The number of nitrogens with zero attached hydrogens (tertiary/aromatic N) is 3. The van der Waals surface area contributed by atoms with Gasteiger partial charge >= 0.3 is 0 Å². The molecule has 198 valence electrons. The van der Waals surface area contributed by atoms with E-state index in [2.05, 4.69) is 32.7 Å². The Balaban J connectivity index is 1.30. The number of amides is 1. The summed E-state index contributed by atoms with van der Waals surface area (Å²) in [5.74, 6) is 0.791. The lowest BCUT2D eigenvalue weighted by Gasteiger charge is -2.36. The molecule has 1 N–H and O–H groups in total. The van der Waals surface area contributed by atoms with Gasteiger partial charge in [0.05, 0.1) is 28.4 Å². The molecule has 1 saturated heterocycles. The van der Waals surface area contributed by atoms with Gasteiger partial charge in [0.15, 0.2) is 0 Å². The quantitative estimate of drug-likeness (QED) is 0.313. The summed E-state index contributed by atoms with van der Waals surface area (Å²) in [6.45, 7) is 10.4. The molecule has 4 rings (SSSR count). The Hall–Kier alpha value is -2.67. The van der Waals surface area contributed by atoms with E-state index in [9.17, 15) is 4.79 Å². The Morgan fingerprint density at radius 2 is 1.78 bits per heavy atom. The van der Waals surface area contributed by atoms with E-state index >= 15 is 0 Å². The monoisotopic (exact) mass is 542 g/mol. The van der Waals surface area contributed by atoms with Gasteiger partial charge in [-0.05, 0) is 56.6 Å². The average molecular weight is 544 g/mol. The molecular formula is C29H36Cl2N4O2. The number of aromatic nitrogens is 1. The lowest BCUT2D eigenvalue weighted by atomic mass is 10.1. The molecule has 2 heterocycles. The fourth-order valence-electron chi connectivity index (χ4n) is 4.96. The minimum atomic E-state index is -0.0167. The summed E-state index contributed by atoms with van der Waals surface area (Å²) in [5, 5.41) is 4.35. The summed E-state index contributed by atoms with van der Waals surface area (Å²) in [4.78, 5) is 17.8. The summed E-state index contributed by atoms with van der Waals surface area (Å²) >= 11 is 12.6. The van der Waals surface area contributed by atoms with Gasteiger partial charge in [0, 0.05) is 56.2 Å². The van der Waals surface area contributed by atoms with Crippen LogP contribution in [0.25, 0.3) is 11.3 Å². The number of carbonyl (C=O) groups is 1. The first-order valence-electron chi connectivity index (χ1n) is 13.0. The van der Waals surface area contributed by atoms with Gasteiger partial charge in [-0.3, -0.25) is 9.69 Å². The highest BCUT2D eigenvalue weighted by Crippen LogP contribution is 2.33. The summed E-state index contributed by atoms with van der Waals surface area (Å²) in [6.07, 6.45) is 1.89. The first-order chi connectivity index (χ1) is 17.9. The third-order valence-corrected chi connectivity index (χ3v) is 7.81. The van der Waals surface area contributed by atoms with Gasteiger partial charge in [0.1, 0.15) is 5.75 Å². The lowest BCUT2D eigenvalue weighted by molar-refractivity contribution is 0.0950. The predicted molar refractivity (Wildman–Crippen MR) is 154 cm³/mol. The second-order valence-electron chi connectivity index (χ2n) is 9.42. The molecule has 1 amide bonds. The van der Waals surface area contributed by atoms with Crippen molar-refractivity contribution in [3.05, 3.63) is 69.8 Å². The van der Waals surface area contributed by atoms with Crippen molar-refractivity contribution in [2.75, 3.05) is 51.3 Å². The maximum atomic E-state index is 13.1. The molecular weight excluding hydrogens is 507 g/mol. The molecule has 2 aromatic carbocycles. The zero-order chi connectivity index (χ0) is 26.4. The maximum absolute atomic E-state index is 13.1. The van der Waals surface area contributed by atoms with E-state index in [1.165, 1.54) is 0 Å². The molecule has 6 nitrogen and oxygen atoms in total. The third-order valence-electron chi connectivity index (χ3n) is 7.00. The van der Waals surface area contributed by atoms with E-state index < -0.39 is 0 Å². The van der Waals surface area contributed by atoms with Gasteiger partial charge < -0.3 is 19.5 Å². The fourth-order valence-corrected chi connectivity index (χ4v) is 5.37. The van der Waals surface area contributed by atoms with E-state index in [1.54, 1.807) is 7.11 Å². The van der Waals surface area contributed by atoms with Crippen LogP contribution >= 0.6 is 23.2 Å². The first-order valence-corrected chi connectivity index (χ1v) is 13.7. The Morgan fingerprint density at radius 1 is 1.03 bits per heavy atom. The molecule has 8 heteroatoms. The minimum absolute atomic E-state index is 0.0167. The van der Waals surface area contributed by atoms with Crippen LogP contribution in [0.2, 0.25) is 10.0 Å². The van der Waals surface area contributed by atoms with E-state index in [-0.39, 0.29) is 5.91 Å². The fraction of sp³-hybridized carbons (Fsp3) is 0.414. The number of methoxy groups -OCH3 is 1. The molecule has 1 aliphatic heterocycles. The third kappa shape index (κ3) is 6.43. The van der Waals surface area contributed by atoms with Crippen LogP contribution in [0.5, 0.6) is 5.75 Å². The summed E-state index contributed by atoms with van der Waals surface area (Å²) in [5.41, 5.74) is 4.82. The standard InChI is InChI=1S/C29H36Cl2N4O2/c1-4-13-35-21(2)24(20-27(35)22-8-5-9-23(19-22)37-3)29(36)32-12-7-14-33-15-17-34(18-16-33)26-11-6-10-25(30)28(26)31/h5-6,8-11,19-20H,4,7,12-18H2,1-3H3,(H,32,36). The number of benzene rings is 2. The maximum Gasteiger partial charge on any atom is 0.253 e. The number of hydrogen-bond acceptors (Lipinski definition) is 4. The highest BCUT2D eigenvalue weighted by molar-refractivity contribution is 6.43. The van der Waals surface area contributed by atoms with Crippen molar-refractivity contribution in [2.45, 2.75) is 33.2 Å². The van der Waals surface area contributed by atoms with Crippen molar-refractivity contribution in [3.8, 4) is 17.0 Å². The van der Waals surface area contributed by atoms with Gasteiger partial charge in [-0.2, -0.15) is 0 Å². The number of nitrogens with one attached hydrogen (secondary N) is 1. The highest BCUT2D eigenvalue weighted by atomic mass is 35.5. The molecule has 1 aromatic heterocycles. The van der Waals surface area contributed by atoms with Crippen LogP contribution in [0, 0.1) is 6.92 Å². The van der Waals surface area contributed by atoms with Crippen LogP contribution in [0.3, 0.4) is 0 Å². The number of carbonyl (C=O) groups excluding carboxylic acids is 1. The second-order valence-corrected chi connectivity index (χ2v) is 10.2. The van der Waals surface area contributed by atoms with Gasteiger partial charge in [0.25, 0.3) is 5.91 Å². The van der Waals surface area contributed by atoms with Crippen molar-refractivity contribution >= 4 is 34.8 Å². The summed E-state index contributed by atoms with van der Waals surface area (Å²) in [6, 6.07) is 15.8. The normalized spacial score (nSPS) is 14.1. The van der Waals surface area contributed by atoms with Crippen LogP contribution in [-0.4, -0.2) is 61.8 Å². The van der Waals surface area contributed by atoms with Gasteiger partial charge in [-0.15, -0.1) is 0 Å². The van der Waals surface area contributed by atoms with E-state index in [0.717, 1.165) is 86.1 Å². The van der Waals surface area contributed by atoms with E-state index in [1.807, 2.05) is 49.4 Å². The van der Waals surface area contributed by atoms with Crippen LogP contribution < -0.4 is 15.0 Å². The van der Waals surface area contributed by atoms with Crippen molar-refractivity contribution in [2.24, 2.45) is 0 Å². The minimum Gasteiger partial charge on any atom is -0.497 e. The number of halogens is 2. The van der Waals surface area contributed by atoms with Crippen LogP contribution in [0.4, 0.5) is 5.69 Å². The summed E-state index contributed by atoms with van der Waals surface area (Å²) in [7, 11) is 1.67. The summed E-state index contributed by atoms with van der Waals surface area (Å²) < 4.78 is 7.64. The smallest absolute Gasteiger partial charge is 0.253 e. The van der Waals surface area contributed by atoms with E-state index in [4.69, 9.17) is 27.9 Å². The number of ether oxygens (including phenoxy) is 1. The van der Waals surface area contributed by atoms with Crippen molar-refractivity contribution in [1.29, 1.82) is 0 Å². The molecule has 3 aromatic rings. The first kappa shape index (κ1) is 27.4. The van der Waals surface area contributed by atoms with Gasteiger partial charge in [-0.1, -0.05) is 48.3 Å². The molecule has 1 aliphatic rings. The zero-order valence-corrected chi connectivity index (χ0v) is 23.4. The van der Waals surface area contributed by atoms with Crippen molar-refractivity contribution in [1.82, 2.24) is 14.8 Å². The molecule has 0 unspecified atom stereocenters. The molecule has 0 atom stereocenters. The Bertz CT molecular complexity index is 1220. The van der Waals surface area contributed by atoms with Crippen LogP contribution in [0.15, 0.2) is 48.5 Å². The zero-order valence-electron chi connectivity index (χ0n) is 21.9. The molecule has 0 radical (unpaired) electrons. The van der Waals surface area contributed by atoms with Gasteiger partial charge in [-0.25, -0.2) is 0 Å². The van der Waals surface area contributed by atoms with Crippen molar-refractivity contribution in [3.63, 3.8) is 0 Å². The number of rotatable bonds is 10. The second kappa shape index (κ2) is 12.7. The molecule has 37 heavy (non-hydrogen) atoms. The molecule has 1 fully saturated rings. The molecule has 0 bridgehead atoms. The number of hydrogen-bond donors (Lipinski definition) is 1. The predicted octanol–water partition coefficient (Wildman–Crippen LogP) is 6.13. The Labute approximate surface area is 230 Å². The van der Waals surface area contributed by atoms with E-state index in [0.29, 0.717) is 16.6 Å². The highest BCUT2D eigenvalue weighted by Gasteiger charge is 2.21. The molecule has 0 saturated carbocycles. The average Bonchev–Trinajstić information content (AvgIpc) is 3.25. The van der Waals surface area contributed by atoms with Crippen LogP contribution in [0.1, 0.15) is 35.8 Å². The Morgan fingerprint density at radius 3 is 2.51 bits per heavy atom. The Kier molecular flexibility index (Phi) is 9.41.